The fourth-order valence-electron chi connectivity index (χ4n) is 2.28. The van der Waals surface area contributed by atoms with Crippen LogP contribution in [-0.2, 0) is 6.42 Å². The molecule has 0 unspecified atom stereocenters. The molecule has 0 radical (unpaired) electrons. The Hall–Kier alpha value is -2.08. The topological polar surface area (TPSA) is 81.7 Å². The zero-order valence-corrected chi connectivity index (χ0v) is 11.5. The van der Waals surface area contributed by atoms with Gasteiger partial charge in [0.15, 0.2) is 0 Å². The summed E-state index contributed by atoms with van der Waals surface area (Å²) < 4.78 is 0. The van der Waals surface area contributed by atoms with Crippen molar-refractivity contribution in [2.45, 2.75) is 12.8 Å². The monoisotopic (exact) mass is 277 g/mol. The fraction of sp³-hybridized carbons (Fsp3) is 0.429. The summed E-state index contributed by atoms with van der Waals surface area (Å²) in [6.45, 7) is 2.04. The van der Waals surface area contributed by atoms with E-state index < -0.39 is 5.97 Å². The number of fused-ring (bicyclic) bond motifs is 1. The number of hydrogen-bond donors (Lipinski definition) is 3. The largest absolute Gasteiger partial charge is 0.478 e. The second-order valence-corrected chi connectivity index (χ2v) is 4.74. The third-order valence-electron chi connectivity index (χ3n) is 3.35. The lowest BCUT2D eigenvalue weighted by molar-refractivity contribution is 0.0697. The smallest absolute Gasteiger partial charge is 0.335 e. The molecule has 0 aromatic heterocycles. The molecular formula is C14H19N3O3. The van der Waals surface area contributed by atoms with Gasteiger partial charge in [-0.15, -0.1) is 0 Å². The maximum Gasteiger partial charge on any atom is 0.335 e. The average molecular weight is 277 g/mol. The molecular weight excluding hydrogens is 258 g/mol. The lowest BCUT2D eigenvalue weighted by Crippen LogP contribution is -2.39. The van der Waals surface area contributed by atoms with Crippen molar-refractivity contribution in [2.75, 3.05) is 31.6 Å². The van der Waals surface area contributed by atoms with Gasteiger partial charge in [-0.05, 0) is 44.1 Å². The lowest BCUT2D eigenvalue weighted by atomic mass is 10.1. The molecule has 2 amide bonds. The van der Waals surface area contributed by atoms with Gasteiger partial charge < -0.3 is 15.7 Å². The molecule has 0 atom stereocenters. The normalized spacial score (nSPS) is 13.2. The molecule has 6 nitrogen and oxygen atoms in total. The van der Waals surface area contributed by atoms with E-state index in [1.807, 2.05) is 7.05 Å². The van der Waals surface area contributed by atoms with Crippen molar-refractivity contribution >= 4 is 17.7 Å². The molecule has 0 spiro atoms. The van der Waals surface area contributed by atoms with Crippen LogP contribution in [0.5, 0.6) is 0 Å². The number of anilines is 1. The van der Waals surface area contributed by atoms with Crippen molar-refractivity contribution in [2.24, 2.45) is 0 Å². The summed E-state index contributed by atoms with van der Waals surface area (Å²) in [5.41, 5.74) is 1.93. The van der Waals surface area contributed by atoms with Gasteiger partial charge in [-0.2, -0.15) is 0 Å². The van der Waals surface area contributed by atoms with Crippen LogP contribution >= 0.6 is 0 Å². The maximum absolute atomic E-state index is 12.1. The molecule has 0 saturated carbocycles. The molecule has 108 valence electrons. The van der Waals surface area contributed by atoms with Gasteiger partial charge in [-0.1, -0.05) is 6.07 Å². The van der Waals surface area contributed by atoms with Crippen LogP contribution in [0.3, 0.4) is 0 Å². The van der Waals surface area contributed by atoms with Crippen LogP contribution in [0, 0.1) is 0 Å². The fourth-order valence-corrected chi connectivity index (χ4v) is 2.28. The molecule has 2 rings (SSSR count). The van der Waals surface area contributed by atoms with Crippen LogP contribution < -0.4 is 15.5 Å². The molecule has 0 saturated heterocycles. The van der Waals surface area contributed by atoms with Gasteiger partial charge in [-0.25, -0.2) is 9.59 Å². The highest BCUT2D eigenvalue weighted by atomic mass is 16.4. The van der Waals surface area contributed by atoms with Crippen molar-refractivity contribution in [3.8, 4) is 0 Å². The molecule has 0 fully saturated rings. The van der Waals surface area contributed by atoms with Crippen molar-refractivity contribution in [3.63, 3.8) is 0 Å². The molecule has 1 aromatic carbocycles. The first-order valence-corrected chi connectivity index (χ1v) is 6.69. The predicted octanol–water partition coefficient (Wildman–Crippen LogP) is 1.07. The van der Waals surface area contributed by atoms with Gasteiger partial charge >= 0.3 is 12.0 Å². The number of hydrogen-bond acceptors (Lipinski definition) is 3. The first kappa shape index (κ1) is 14.3. The summed E-state index contributed by atoms with van der Waals surface area (Å²) in [5, 5.41) is 14.9. The Balaban J connectivity index is 2.04. The van der Waals surface area contributed by atoms with E-state index in [1.165, 1.54) is 0 Å². The highest BCUT2D eigenvalue weighted by Gasteiger charge is 2.25. The zero-order valence-electron chi connectivity index (χ0n) is 11.5. The van der Waals surface area contributed by atoms with Gasteiger partial charge in [0.25, 0.3) is 0 Å². The number of nitrogens with one attached hydrogen (secondary N) is 2. The second-order valence-electron chi connectivity index (χ2n) is 4.74. The van der Waals surface area contributed by atoms with Gasteiger partial charge in [-0.3, -0.25) is 4.90 Å². The van der Waals surface area contributed by atoms with Crippen molar-refractivity contribution in [3.05, 3.63) is 29.3 Å². The third-order valence-corrected chi connectivity index (χ3v) is 3.35. The Morgan fingerprint density at radius 3 is 2.85 bits per heavy atom. The van der Waals surface area contributed by atoms with Crippen LogP contribution in [0.25, 0.3) is 0 Å². The summed E-state index contributed by atoms with van der Waals surface area (Å²) in [6.07, 6.45) is 1.62. The van der Waals surface area contributed by atoms with Crippen molar-refractivity contribution < 1.29 is 14.7 Å². The molecule has 6 heteroatoms. The van der Waals surface area contributed by atoms with E-state index in [1.54, 1.807) is 23.1 Å². The predicted molar refractivity (Wildman–Crippen MR) is 76.4 cm³/mol. The second kappa shape index (κ2) is 6.38. The van der Waals surface area contributed by atoms with E-state index in [4.69, 9.17) is 5.11 Å². The quantitative estimate of drug-likeness (QED) is 0.703. The number of carbonyl (C=O) groups excluding carboxylic acids is 1. The van der Waals surface area contributed by atoms with Crippen LogP contribution in [0.1, 0.15) is 22.3 Å². The Bertz CT molecular complexity index is 516. The van der Waals surface area contributed by atoms with Crippen LogP contribution in [-0.4, -0.2) is 43.8 Å². The standard InChI is InChI=1S/C14H19N3O3/c1-15-6-2-7-16-14(20)17-8-5-10-3-4-11(13(18)19)9-12(10)17/h3-4,9,15H,2,5-8H2,1H3,(H,16,20)(H,18,19). The zero-order chi connectivity index (χ0) is 14.5. The number of urea groups is 1. The molecule has 1 heterocycles. The molecule has 0 bridgehead atoms. The van der Waals surface area contributed by atoms with Crippen LogP contribution in [0.15, 0.2) is 18.2 Å². The number of nitrogens with zero attached hydrogens (tertiary/aromatic N) is 1. The molecule has 0 aliphatic carbocycles. The minimum Gasteiger partial charge on any atom is -0.478 e. The van der Waals surface area contributed by atoms with E-state index in [9.17, 15) is 9.59 Å². The van der Waals surface area contributed by atoms with Crippen molar-refractivity contribution in [1.82, 2.24) is 10.6 Å². The molecule has 3 N–H and O–H groups in total. The maximum atomic E-state index is 12.1. The van der Waals surface area contributed by atoms with E-state index in [2.05, 4.69) is 10.6 Å². The summed E-state index contributed by atoms with van der Waals surface area (Å²) in [5.74, 6) is -0.978. The first-order chi connectivity index (χ1) is 9.63. The number of carbonyl (C=O) groups is 2. The molecule has 20 heavy (non-hydrogen) atoms. The highest BCUT2D eigenvalue weighted by Crippen LogP contribution is 2.29. The third kappa shape index (κ3) is 3.08. The minimum absolute atomic E-state index is 0.164. The Kier molecular flexibility index (Phi) is 4.57. The number of rotatable bonds is 5. The number of aromatic carboxylic acids is 1. The summed E-state index contributed by atoms with van der Waals surface area (Å²) in [7, 11) is 1.87. The van der Waals surface area contributed by atoms with E-state index in [-0.39, 0.29) is 11.6 Å². The number of benzene rings is 1. The van der Waals surface area contributed by atoms with E-state index >= 15 is 0 Å². The van der Waals surface area contributed by atoms with Gasteiger partial charge in [0.1, 0.15) is 0 Å². The van der Waals surface area contributed by atoms with Gasteiger partial charge in [0.05, 0.1) is 5.56 Å². The molecule has 1 aliphatic heterocycles. The number of carboxylic acid groups (broad SMARTS) is 1. The van der Waals surface area contributed by atoms with E-state index in [0.29, 0.717) is 18.8 Å². The summed E-state index contributed by atoms with van der Waals surface area (Å²) in [4.78, 5) is 24.7. The molecule has 1 aliphatic rings. The van der Waals surface area contributed by atoms with Crippen molar-refractivity contribution in [1.29, 1.82) is 0 Å². The highest BCUT2D eigenvalue weighted by molar-refractivity contribution is 5.96. The Labute approximate surface area is 117 Å². The Morgan fingerprint density at radius 1 is 1.35 bits per heavy atom. The number of amides is 2. The average Bonchev–Trinajstić information content (AvgIpc) is 2.86. The summed E-state index contributed by atoms with van der Waals surface area (Å²) in [6, 6.07) is 4.77. The lowest BCUT2D eigenvalue weighted by Gasteiger charge is -2.18. The molecule has 1 aromatic rings. The van der Waals surface area contributed by atoms with E-state index in [0.717, 1.165) is 24.9 Å². The number of carboxylic acids is 1. The van der Waals surface area contributed by atoms with Gasteiger partial charge in [0, 0.05) is 18.8 Å². The minimum atomic E-state index is -0.978. The van der Waals surface area contributed by atoms with Crippen LogP contribution in [0.4, 0.5) is 10.5 Å². The Morgan fingerprint density at radius 2 is 2.15 bits per heavy atom. The van der Waals surface area contributed by atoms with Gasteiger partial charge in [0.2, 0.25) is 0 Å². The SMILES string of the molecule is CNCCCNC(=O)N1CCc2ccc(C(=O)O)cc21. The van der Waals surface area contributed by atoms with Crippen LogP contribution in [0.2, 0.25) is 0 Å². The first-order valence-electron chi connectivity index (χ1n) is 6.69. The summed E-state index contributed by atoms with van der Waals surface area (Å²) >= 11 is 0.